The lowest BCUT2D eigenvalue weighted by atomic mass is 9.71. The van der Waals surface area contributed by atoms with Crippen LogP contribution in [0.25, 0.3) is 0 Å². The summed E-state index contributed by atoms with van der Waals surface area (Å²) in [5.74, 6) is -0.547. The summed E-state index contributed by atoms with van der Waals surface area (Å²) in [6, 6.07) is 0. The maximum Gasteiger partial charge on any atom is 0.405 e. The van der Waals surface area contributed by atoms with Crippen LogP contribution >= 0.6 is 0 Å². The van der Waals surface area contributed by atoms with E-state index in [1.807, 2.05) is 5.32 Å². The van der Waals surface area contributed by atoms with Gasteiger partial charge < -0.3 is 11.1 Å². The molecule has 0 bridgehead atoms. The lowest BCUT2D eigenvalue weighted by molar-refractivity contribution is -0.140. The first-order valence-electron chi connectivity index (χ1n) is 5.90. The van der Waals surface area contributed by atoms with Crippen molar-refractivity contribution in [2.24, 2.45) is 11.1 Å². The van der Waals surface area contributed by atoms with Gasteiger partial charge in [-0.3, -0.25) is 4.79 Å². The minimum atomic E-state index is -4.35. The molecule has 17 heavy (non-hydrogen) atoms. The molecule has 3 N–H and O–H groups in total. The van der Waals surface area contributed by atoms with Gasteiger partial charge in [0.05, 0.1) is 0 Å². The number of nitrogens with two attached hydrogens (primary N) is 1. The summed E-state index contributed by atoms with van der Waals surface area (Å²) in [4.78, 5) is 11.5. The number of nitrogens with one attached hydrogen (secondary N) is 1. The van der Waals surface area contributed by atoms with E-state index in [4.69, 9.17) is 5.73 Å². The van der Waals surface area contributed by atoms with Gasteiger partial charge in [0.2, 0.25) is 5.91 Å². The van der Waals surface area contributed by atoms with Gasteiger partial charge in [-0.2, -0.15) is 13.2 Å². The van der Waals surface area contributed by atoms with Gasteiger partial charge in [-0.25, -0.2) is 0 Å². The summed E-state index contributed by atoms with van der Waals surface area (Å²) in [5.41, 5.74) is 5.38. The molecule has 0 aromatic carbocycles. The summed E-state index contributed by atoms with van der Waals surface area (Å²) in [6.07, 6.45) is 0.559. The second kappa shape index (κ2) is 5.71. The van der Waals surface area contributed by atoms with Crippen molar-refractivity contribution in [3.05, 3.63) is 0 Å². The molecule has 0 saturated heterocycles. The Hall–Kier alpha value is -0.780. The molecule has 100 valence electrons. The minimum Gasteiger partial charge on any atom is -0.347 e. The van der Waals surface area contributed by atoms with Crippen LogP contribution in [0.15, 0.2) is 0 Å². The minimum absolute atomic E-state index is 0.111. The Bertz CT molecular complexity index is 260. The average molecular weight is 252 g/mol. The fourth-order valence-electron chi connectivity index (χ4n) is 2.36. The first kappa shape index (κ1) is 14.3. The van der Waals surface area contributed by atoms with E-state index in [1.54, 1.807) is 0 Å². The molecule has 1 amide bonds. The lowest BCUT2D eigenvalue weighted by Gasteiger charge is -2.35. The number of hydrogen-bond acceptors (Lipinski definition) is 2. The van der Waals surface area contributed by atoms with E-state index in [2.05, 4.69) is 0 Å². The van der Waals surface area contributed by atoms with Crippen molar-refractivity contribution in [3.8, 4) is 0 Å². The Kier molecular flexibility index (Phi) is 4.80. The summed E-state index contributed by atoms with van der Waals surface area (Å²) in [5, 5.41) is 1.91. The highest BCUT2D eigenvalue weighted by Gasteiger charge is 2.34. The number of alkyl halides is 3. The van der Waals surface area contributed by atoms with Gasteiger partial charge in [0.15, 0.2) is 0 Å². The largest absolute Gasteiger partial charge is 0.405 e. The van der Waals surface area contributed by atoms with E-state index in [-0.39, 0.29) is 11.8 Å². The van der Waals surface area contributed by atoms with Crippen molar-refractivity contribution in [2.45, 2.75) is 44.7 Å². The predicted molar refractivity (Wildman–Crippen MR) is 58.3 cm³/mol. The van der Waals surface area contributed by atoms with Gasteiger partial charge in [0, 0.05) is 6.42 Å². The molecule has 3 nitrogen and oxygen atoms in total. The molecule has 0 atom stereocenters. The number of rotatable bonds is 4. The first-order valence-corrected chi connectivity index (χ1v) is 5.90. The predicted octanol–water partition coefficient (Wildman–Crippen LogP) is 1.96. The van der Waals surface area contributed by atoms with E-state index in [0.29, 0.717) is 6.54 Å². The van der Waals surface area contributed by atoms with Crippen LogP contribution in [-0.4, -0.2) is 25.2 Å². The highest BCUT2D eigenvalue weighted by molar-refractivity contribution is 5.76. The highest BCUT2D eigenvalue weighted by Crippen LogP contribution is 2.38. The van der Waals surface area contributed by atoms with E-state index >= 15 is 0 Å². The van der Waals surface area contributed by atoms with Gasteiger partial charge >= 0.3 is 6.18 Å². The normalized spacial score (nSPS) is 20.0. The second-order valence-electron chi connectivity index (χ2n) is 4.83. The topological polar surface area (TPSA) is 55.1 Å². The molecule has 0 aromatic heterocycles. The third-order valence-electron chi connectivity index (χ3n) is 3.37. The number of hydrogen-bond donors (Lipinski definition) is 2. The molecule has 1 aliphatic rings. The van der Waals surface area contributed by atoms with Gasteiger partial charge in [-0.05, 0) is 24.8 Å². The van der Waals surface area contributed by atoms with Crippen molar-refractivity contribution >= 4 is 5.91 Å². The third-order valence-corrected chi connectivity index (χ3v) is 3.37. The van der Waals surface area contributed by atoms with Crippen LogP contribution in [0.4, 0.5) is 13.2 Å². The molecular formula is C11H19F3N2O. The van der Waals surface area contributed by atoms with Crippen LogP contribution in [0.2, 0.25) is 0 Å². The average Bonchev–Trinajstić information content (AvgIpc) is 2.27. The number of halogens is 3. The number of amides is 1. The maximum absolute atomic E-state index is 11.9. The van der Waals surface area contributed by atoms with Crippen molar-refractivity contribution in [3.63, 3.8) is 0 Å². The standard InChI is InChI=1S/C11H19F3N2O/c12-11(13,14)8-16-9(17)6-10(7-15)4-2-1-3-5-10/h1-8,15H2,(H,16,17). The molecule has 0 unspecified atom stereocenters. The fourth-order valence-corrected chi connectivity index (χ4v) is 2.36. The zero-order valence-electron chi connectivity index (χ0n) is 9.78. The third kappa shape index (κ3) is 4.93. The van der Waals surface area contributed by atoms with Crippen molar-refractivity contribution in [2.75, 3.05) is 13.1 Å². The van der Waals surface area contributed by atoms with E-state index in [0.717, 1.165) is 32.1 Å². The molecule has 1 fully saturated rings. The zero-order valence-corrected chi connectivity index (χ0v) is 9.78. The maximum atomic E-state index is 11.9. The molecule has 0 aliphatic heterocycles. The molecular weight excluding hydrogens is 233 g/mol. The first-order chi connectivity index (χ1) is 7.87. The van der Waals surface area contributed by atoms with E-state index in [9.17, 15) is 18.0 Å². The van der Waals surface area contributed by atoms with Gasteiger partial charge in [0.1, 0.15) is 6.54 Å². The molecule has 6 heteroatoms. The van der Waals surface area contributed by atoms with Crippen LogP contribution in [0.5, 0.6) is 0 Å². The van der Waals surface area contributed by atoms with Crippen LogP contribution in [0.3, 0.4) is 0 Å². The van der Waals surface area contributed by atoms with Crippen molar-refractivity contribution in [1.82, 2.24) is 5.32 Å². The molecule has 0 aromatic rings. The molecule has 0 heterocycles. The Morgan fingerprint density at radius 2 is 1.82 bits per heavy atom. The summed E-state index contributed by atoms with van der Waals surface area (Å²) in [7, 11) is 0. The van der Waals surface area contributed by atoms with Crippen LogP contribution in [-0.2, 0) is 4.79 Å². The highest BCUT2D eigenvalue weighted by atomic mass is 19.4. The SMILES string of the molecule is NCC1(CC(=O)NCC(F)(F)F)CCCCC1. The Labute approximate surface area is 98.9 Å². The lowest BCUT2D eigenvalue weighted by Crippen LogP contribution is -2.41. The Morgan fingerprint density at radius 3 is 2.29 bits per heavy atom. The van der Waals surface area contributed by atoms with Crippen molar-refractivity contribution < 1.29 is 18.0 Å². The molecule has 0 radical (unpaired) electrons. The van der Waals surface area contributed by atoms with Crippen LogP contribution in [0.1, 0.15) is 38.5 Å². The summed E-state index contributed by atoms with van der Waals surface area (Å²) < 4.78 is 35.8. The van der Waals surface area contributed by atoms with Crippen LogP contribution in [0, 0.1) is 5.41 Å². The fraction of sp³-hybridized carbons (Fsp3) is 0.909. The zero-order chi connectivity index (χ0) is 12.9. The molecule has 0 spiro atoms. The second-order valence-corrected chi connectivity index (χ2v) is 4.83. The van der Waals surface area contributed by atoms with E-state index < -0.39 is 18.6 Å². The quantitative estimate of drug-likeness (QED) is 0.803. The van der Waals surface area contributed by atoms with Gasteiger partial charge in [-0.1, -0.05) is 19.3 Å². The smallest absolute Gasteiger partial charge is 0.347 e. The van der Waals surface area contributed by atoms with E-state index in [1.165, 1.54) is 0 Å². The Balaban J connectivity index is 2.42. The van der Waals surface area contributed by atoms with Crippen LogP contribution < -0.4 is 11.1 Å². The molecule has 1 rings (SSSR count). The number of carbonyl (C=O) groups is 1. The van der Waals surface area contributed by atoms with Gasteiger partial charge in [0.25, 0.3) is 0 Å². The Morgan fingerprint density at radius 1 is 1.24 bits per heavy atom. The van der Waals surface area contributed by atoms with Gasteiger partial charge in [-0.15, -0.1) is 0 Å². The summed E-state index contributed by atoms with van der Waals surface area (Å²) in [6.45, 7) is -0.890. The molecule has 1 saturated carbocycles. The monoisotopic (exact) mass is 252 g/mol. The summed E-state index contributed by atoms with van der Waals surface area (Å²) >= 11 is 0. The number of carbonyl (C=O) groups excluding carboxylic acids is 1. The molecule has 1 aliphatic carbocycles. The van der Waals surface area contributed by atoms with Crippen molar-refractivity contribution in [1.29, 1.82) is 0 Å².